The van der Waals surface area contributed by atoms with Crippen molar-refractivity contribution in [3.63, 3.8) is 0 Å². The Morgan fingerprint density at radius 1 is 0.892 bits per heavy atom. The van der Waals surface area contributed by atoms with Gasteiger partial charge in [0.1, 0.15) is 0 Å². The number of hydrogen-bond donors (Lipinski definition) is 0. The van der Waals surface area contributed by atoms with Crippen LogP contribution < -0.4 is 4.90 Å². The third-order valence-electron chi connectivity index (χ3n) is 7.63. The normalized spacial score (nSPS) is 21.0. The van der Waals surface area contributed by atoms with Gasteiger partial charge in [-0.3, -0.25) is 19.4 Å². The fourth-order valence-electron chi connectivity index (χ4n) is 5.75. The lowest BCUT2D eigenvalue weighted by Crippen LogP contribution is -2.52. The van der Waals surface area contributed by atoms with Crippen molar-refractivity contribution < 1.29 is 28.7 Å². The second kappa shape index (κ2) is 9.15. The van der Waals surface area contributed by atoms with Gasteiger partial charge in [0.15, 0.2) is 0 Å². The van der Waals surface area contributed by atoms with Gasteiger partial charge < -0.3 is 14.4 Å². The van der Waals surface area contributed by atoms with Gasteiger partial charge in [0, 0.05) is 30.9 Å². The number of rotatable bonds is 4. The number of nitrogens with zero attached hydrogens (tertiary/aromatic N) is 3. The number of amides is 2. The molecule has 9 heteroatoms. The molecule has 4 heterocycles. The van der Waals surface area contributed by atoms with Crippen LogP contribution >= 0.6 is 0 Å². The number of anilines is 1. The minimum absolute atomic E-state index is 0.0858. The highest BCUT2D eigenvalue weighted by Crippen LogP contribution is 2.43. The fraction of sp³-hybridized carbons (Fsp3) is 0.357. The van der Waals surface area contributed by atoms with Crippen LogP contribution in [-0.4, -0.2) is 66.3 Å². The minimum atomic E-state index is -1.92. The number of piperidine rings is 1. The molecule has 190 valence electrons. The van der Waals surface area contributed by atoms with E-state index >= 15 is 0 Å². The predicted molar refractivity (Wildman–Crippen MR) is 132 cm³/mol. The molecule has 0 bridgehead atoms. The molecule has 2 amide bonds. The van der Waals surface area contributed by atoms with Crippen molar-refractivity contribution in [1.29, 1.82) is 0 Å². The predicted octanol–water partition coefficient (Wildman–Crippen LogP) is 2.21. The summed E-state index contributed by atoms with van der Waals surface area (Å²) in [6.07, 6.45) is 4.40. The Hall–Kier alpha value is -3.98. The van der Waals surface area contributed by atoms with Crippen LogP contribution in [0.4, 0.5) is 5.69 Å². The molecule has 0 aliphatic carbocycles. The van der Waals surface area contributed by atoms with Crippen molar-refractivity contribution in [2.75, 3.05) is 37.6 Å². The zero-order valence-corrected chi connectivity index (χ0v) is 20.3. The number of para-hydroxylation sites is 1. The van der Waals surface area contributed by atoms with Crippen molar-refractivity contribution in [2.45, 2.75) is 25.2 Å². The molecule has 1 saturated heterocycles. The molecule has 4 aliphatic heterocycles. The van der Waals surface area contributed by atoms with Crippen molar-refractivity contribution in [3.8, 4) is 0 Å². The number of carbonyl (C=O) groups is 4. The lowest BCUT2D eigenvalue weighted by molar-refractivity contribution is -0.274. The molecule has 0 unspecified atom stereocenters. The number of fused-ring (bicyclic) bond motifs is 3. The van der Waals surface area contributed by atoms with Crippen molar-refractivity contribution in [1.82, 2.24) is 9.80 Å². The van der Waals surface area contributed by atoms with E-state index in [1.165, 1.54) is 10.5 Å². The number of ether oxygens (including phenoxy) is 2. The topological polar surface area (TPSA) is 96.5 Å². The van der Waals surface area contributed by atoms with Crippen LogP contribution in [0.3, 0.4) is 0 Å². The molecule has 1 fully saturated rings. The van der Waals surface area contributed by atoms with Crippen LogP contribution in [0.25, 0.3) is 0 Å². The number of carbonyl (C=O) groups excluding carboxylic acids is 4. The number of benzene rings is 2. The molecule has 6 rings (SSSR count). The summed E-state index contributed by atoms with van der Waals surface area (Å²) in [6, 6.07) is 14.7. The maximum atomic E-state index is 13.4. The Bertz CT molecular complexity index is 1290. The number of likely N-dealkylation sites (tertiary alicyclic amines) is 1. The van der Waals surface area contributed by atoms with E-state index in [0.717, 1.165) is 37.1 Å². The van der Waals surface area contributed by atoms with Gasteiger partial charge in [0.2, 0.25) is 5.91 Å². The Kier molecular flexibility index (Phi) is 5.79. The van der Waals surface area contributed by atoms with Gasteiger partial charge >= 0.3 is 17.8 Å². The van der Waals surface area contributed by atoms with E-state index in [-0.39, 0.29) is 24.3 Å². The third kappa shape index (κ3) is 4.09. The van der Waals surface area contributed by atoms with Gasteiger partial charge in [-0.2, -0.15) is 0 Å². The van der Waals surface area contributed by atoms with E-state index in [4.69, 9.17) is 9.47 Å². The smallest absolute Gasteiger partial charge is 0.375 e. The molecular weight excluding hydrogens is 474 g/mol. The van der Waals surface area contributed by atoms with E-state index in [2.05, 4.69) is 11.0 Å². The van der Waals surface area contributed by atoms with E-state index in [1.54, 1.807) is 24.3 Å². The SMILES string of the molecule is O=C1C=CC(=O)OC2(O1)c1ccccc1C(=O)N2CC1CCN(CC(=O)N2CCc3ccccc32)CC1. The third-order valence-corrected chi connectivity index (χ3v) is 7.63. The lowest BCUT2D eigenvalue weighted by Gasteiger charge is -2.39. The summed E-state index contributed by atoms with van der Waals surface area (Å²) in [5.74, 6) is -3.58. The Morgan fingerprint density at radius 3 is 2.32 bits per heavy atom. The molecule has 0 N–H and O–H groups in total. The van der Waals surface area contributed by atoms with Crippen molar-refractivity contribution in [2.24, 2.45) is 5.92 Å². The molecular formula is C28H27N3O6. The highest BCUT2D eigenvalue weighted by Gasteiger charge is 2.57. The molecule has 4 aliphatic rings. The minimum Gasteiger partial charge on any atom is -0.396 e. The van der Waals surface area contributed by atoms with Crippen LogP contribution in [0.15, 0.2) is 60.7 Å². The molecule has 0 atom stereocenters. The van der Waals surface area contributed by atoms with Crippen LogP contribution in [0, 0.1) is 5.92 Å². The quantitative estimate of drug-likeness (QED) is 0.593. The van der Waals surface area contributed by atoms with Gasteiger partial charge in [0.25, 0.3) is 5.91 Å². The van der Waals surface area contributed by atoms with Crippen LogP contribution in [0.5, 0.6) is 0 Å². The number of hydrogen-bond acceptors (Lipinski definition) is 7. The molecule has 2 aromatic carbocycles. The summed E-state index contributed by atoms with van der Waals surface area (Å²) < 4.78 is 11.2. The molecule has 2 aromatic rings. The second-order valence-corrected chi connectivity index (χ2v) is 9.86. The zero-order valence-electron chi connectivity index (χ0n) is 20.3. The summed E-state index contributed by atoms with van der Waals surface area (Å²) in [6.45, 7) is 2.72. The van der Waals surface area contributed by atoms with E-state index in [0.29, 0.717) is 37.3 Å². The lowest BCUT2D eigenvalue weighted by atomic mass is 9.96. The maximum absolute atomic E-state index is 13.4. The van der Waals surface area contributed by atoms with Gasteiger partial charge in [0.05, 0.1) is 17.7 Å². The summed E-state index contributed by atoms with van der Waals surface area (Å²) in [7, 11) is 0. The first-order valence-corrected chi connectivity index (χ1v) is 12.6. The molecule has 37 heavy (non-hydrogen) atoms. The molecule has 0 saturated carbocycles. The van der Waals surface area contributed by atoms with Gasteiger partial charge in [-0.05, 0) is 62.0 Å². The molecule has 9 nitrogen and oxygen atoms in total. The summed E-state index contributed by atoms with van der Waals surface area (Å²) in [5.41, 5.74) is 2.90. The fourth-order valence-corrected chi connectivity index (χ4v) is 5.75. The highest BCUT2D eigenvalue weighted by atomic mass is 16.8. The number of esters is 2. The summed E-state index contributed by atoms with van der Waals surface area (Å²) >= 11 is 0. The zero-order chi connectivity index (χ0) is 25.6. The molecule has 1 spiro atoms. The standard InChI is InChI=1S/C28H27N3O6/c32-24(30-16-13-20-5-1-4-8-23(20)30)18-29-14-11-19(12-15-29)17-31-27(35)21-6-2-3-7-22(21)28(31)36-25(33)9-10-26(34)37-28/h1-10,19H,11-18H2. The highest BCUT2D eigenvalue weighted by molar-refractivity contribution is 6.01. The molecule has 0 aromatic heterocycles. The summed E-state index contributed by atoms with van der Waals surface area (Å²) in [5, 5.41) is 0. The van der Waals surface area contributed by atoms with Crippen molar-refractivity contribution >= 4 is 29.4 Å². The van der Waals surface area contributed by atoms with E-state index < -0.39 is 17.8 Å². The Labute approximate surface area is 214 Å². The first kappa shape index (κ1) is 23.4. The summed E-state index contributed by atoms with van der Waals surface area (Å²) in [4.78, 5) is 56.5. The Balaban J connectivity index is 1.13. The van der Waals surface area contributed by atoms with Crippen molar-refractivity contribution in [3.05, 3.63) is 77.4 Å². The monoisotopic (exact) mass is 501 g/mol. The largest absolute Gasteiger partial charge is 0.396 e. The Morgan fingerprint density at radius 2 is 1.57 bits per heavy atom. The first-order valence-electron chi connectivity index (χ1n) is 12.6. The first-order chi connectivity index (χ1) is 17.9. The average molecular weight is 502 g/mol. The van der Waals surface area contributed by atoms with Gasteiger partial charge in [-0.25, -0.2) is 9.59 Å². The van der Waals surface area contributed by atoms with Gasteiger partial charge in [-0.15, -0.1) is 0 Å². The van der Waals surface area contributed by atoms with Crippen LogP contribution in [0.1, 0.15) is 34.3 Å². The average Bonchev–Trinajstić information content (AvgIpc) is 3.37. The van der Waals surface area contributed by atoms with Crippen LogP contribution in [0.2, 0.25) is 0 Å². The van der Waals surface area contributed by atoms with Gasteiger partial charge in [-0.1, -0.05) is 30.3 Å². The second-order valence-electron chi connectivity index (χ2n) is 9.86. The maximum Gasteiger partial charge on any atom is 0.375 e. The van der Waals surface area contributed by atoms with E-state index in [9.17, 15) is 19.2 Å². The molecule has 0 radical (unpaired) electrons. The van der Waals surface area contributed by atoms with Crippen LogP contribution in [-0.2, 0) is 36.2 Å². The van der Waals surface area contributed by atoms with E-state index in [1.807, 2.05) is 23.1 Å².